The lowest BCUT2D eigenvalue weighted by Crippen LogP contribution is -2.17. The van der Waals surface area contributed by atoms with E-state index in [1.54, 1.807) is 0 Å². The Bertz CT molecular complexity index is 490. The lowest BCUT2D eigenvalue weighted by molar-refractivity contribution is -0.141. The SMILES string of the molecule is CCOC(=O)c1nc(C(F)(F)F)cc(Br)c1C(F)F. The van der Waals surface area contributed by atoms with Crippen molar-refractivity contribution in [3.63, 3.8) is 0 Å². The predicted molar refractivity (Wildman–Crippen MR) is 57.9 cm³/mol. The molecule has 1 heterocycles. The van der Waals surface area contributed by atoms with Gasteiger partial charge in [0.15, 0.2) is 5.69 Å². The summed E-state index contributed by atoms with van der Waals surface area (Å²) < 4.78 is 66.9. The number of rotatable bonds is 3. The number of hydrogen-bond acceptors (Lipinski definition) is 3. The third-order valence-corrected chi connectivity index (χ3v) is 2.64. The fourth-order valence-electron chi connectivity index (χ4n) is 1.23. The average molecular weight is 348 g/mol. The summed E-state index contributed by atoms with van der Waals surface area (Å²) in [7, 11) is 0. The van der Waals surface area contributed by atoms with Crippen LogP contribution in [0, 0.1) is 0 Å². The van der Waals surface area contributed by atoms with Crippen LogP contribution >= 0.6 is 15.9 Å². The summed E-state index contributed by atoms with van der Waals surface area (Å²) in [6.07, 6.45) is -8.02. The molecule has 1 rings (SSSR count). The molecule has 0 saturated carbocycles. The molecule has 1 aromatic heterocycles. The van der Waals surface area contributed by atoms with Crippen LogP contribution in [0.5, 0.6) is 0 Å². The van der Waals surface area contributed by atoms with Crippen LogP contribution in [0.1, 0.15) is 35.1 Å². The van der Waals surface area contributed by atoms with Crippen molar-refractivity contribution in [2.75, 3.05) is 6.61 Å². The molecule has 0 saturated heterocycles. The van der Waals surface area contributed by atoms with Gasteiger partial charge in [0.05, 0.1) is 12.2 Å². The molecule has 106 valence electrons. The van der Waals surface area contributed by atoms with E-state index in [9.17, 15) is 26.7 Å². The highest BCUT2D eigenvalue weighted by Crippen LogP contribution is 2.35. The van der Waals surface area contributed by atoms with Gasteiger partial charge in [-0.1, -0.05) is 15.9 Å². The summed E-state index contributed by atoms with van der Waals surface area (Å²) in [5.41, 5.74) is -3.42. The summed E-state index contributed by atoms with van der Waals surface area (Å²) >= 11 is 2.58. The number of pyridine rings is 1. The lowest BCUT2D eigenvalue weighted by Gasteiger charge is -2.13. The van der Waals surface area contributed by atoms with Crippen molar-refractivity contribution in [3.8, 4) is 0 Å². The van der Waals surface area contributed by atoms with Gasteiger partial charge < -0.3 is 4.74 Å². The quantitative estimate of drug-likeness (QED) is 0.613. The molecule has 0 amide bonds. The molecule has 0 atom stereocenters. The molecular weight excluding hydrogens is 341 g/mol. The fraction of sp³-hybridized carbons (Fsp3) is 0.400. The van der Waals surface area contributed by atoms with Crippen molar-refractivity contribution in [1.82, 2.24) is 4.98 Å². The van der Waals surface area contributed by atoms with E-state index in [1.165, 1.54) is 6.92 Å². The number of aromatic nitrogens is 1. The standard InChI is InChI=1S/C10H7BrF5NO2/c1-2-19-9(18)7-6(8(12)13)4(11)3-5(17-7)10(14,15)16/h3,8H,2H2,1H3. The van der Waals surface area contributed by atoms with Crippen LogP contribution in [-0.2, 0) is 10.9 Å². The van der Waals surface area contributed by atoms with E-state index in [-0.39, 0.29) is 6.61 Å². The number of nitrogens with zero attached hydrogens (tertiary/aromatic N) is 1. The minimum atomic E-state index is -4.86. The molecule has 0 bridgehead atoms. The smallest absolute Gasteiger partial charge is 0.433 e. The van der Waals surface area contributed by atoms with E-state index >= 15 is 0 Å². The first-order valence-corrected chi connectivity index (χ1v) is 5.70. The van der Waals surface area contributed by atoms with Crippen molar-refractivity contribution in [3.05, 3.63) is 27.5 Å². The fourth-order valence-corrected chi connectivity index (χ4v) is 1.81. The van der Waals surface area contributed by atoms with Crippen molar-refractivity contribution in [2.45, 2.75) is 19.5 Å². The number of halogens is 6. The van der Waals surface area contributed by atoms with Gasteiger partial charge in [0.25, 0.3) is 6.43 Å². The molecular formula is C10H7BrF5NO2. The van der Waals surface area contributed by atoms with Crippen LogP contribution in [0.3, 0.4) is 0 Å². The second-order valence-corrected chi connectivity index (χ2v) is 4.12. The molecule has 0 N–H and O–H groups in total. The molecule has 3 nitrogen and oxygen atoms in total. The Morgan fingerprint density at radius 2 is 2.05 bits per heavy atom. The van der Waals surface area contributed by atoms with Gasteiger partial charge in [0, 0.05) is 4.47 Å². The summed E-state index contributed by atoms with van der Waals surface area (Å²) in [6.45, 7) is 1.22. The molecule has 0 aliphatic heterocycles. The summed E-state index contributed by atoms with van der Waals surface area (Å²) in [5, 5.41) is 0. The molecule has 9 heteroatoms. The third-order valence-electron chi connectivity index (χ3n) is 1.99. The Balaban J connectivity index is 3.46. The molecule has 19 heavy (non-hydrogen) atoms. The van der Waals surface area contributed by atoms with Crippen LogP contribution in [0.2, 0.25) is 0 Å². The van der Waals surface area contributed by atoms with Gasteiger partial charge in [-0.2, -0.15) is 13.2 Å². The zero-order valence-electron chi connectivity index (χ0n) is 9.39. The molecule has 0 fully saturated rings. The van der Waals surface area contributed by atoms with E-state index in [4.69, 9.17) is 0 Å². The Labute approximate surface area is 112 Å². The first-order chi connectivity index (χ1) is 8.68. The molecule has 0 aliphatic rings. The monoisotopic (exact) mass is 347 g/mol. The zero-order chi connectivity index (χ0) is 14.8. The van der Waals surface area contributed by atoms with Gasteiger partial charge in [-0.25, -0.2) is 18.6 Å². The Kier molecular flexibility index (Phi) is 4.83. The van der Waals surface area contributed by atoms with E-state index in [0.29, 0.717) is 6.07 Å². The summed E-state index contributed by atoms with van der Waals surface area (Å²) in [6, 6.07) is 0.393. The molecule has 0 aromatic carbocycles. The van der Waals surface area contributed by atoms with Crippen molar-refractivity contribution < 1.29 is 31.5 Å². The van der Waals surface area contributed by atoms with Gasteiger partial charge in [-0.05, 0) is 13.0 Å². The summed E-state index contributed by atoms with van der Waals surface area (Å²) in [4.78, 5) is 14.3. The predicted octanol–water partition coefficient (Wildman–Crippen LogP) is 3.98. The van der Waals surface area contributed by atoms with Crippen molar-refractivity contribution >= 4 is 21.9 Å². The third kappa shape index (κ3) is 3.62. The largest absolute Gasteiger partial charge is 0.461 e. The van der Waals surface area contributed by atoms with Crippen LogP contribution in [-0.4, -0.2) is 17.6 Å². The Hall–Kier alpha value is -1.25. The second-order valence-electron chi connectivity index (χ2n) is 3.27. The molecule has 0 unspecified atom stereocenters. The van der Waals surface area contributed by atoms with Gasteiger partial charge in [-0.3, -0.25) is 0 Å². The molecule has 0 radical (unpaired) electrons. The van der Waals surface area contributed by atoms with Gasteiger partial charge in [0.1, 0.15) is 5.69 Å². The van der Waals surface area contributed by atoms with Crippen molar-refractivity contribution in [1.29, 1.82) is 0 Å². The Morgan fingerprint density at radius 1 is 1.47 bits per heavy atom. The number of esters is 1. The van der Waals surface area contributed by atoms with Gasteiger partial charge in [-0.15, -0.1) is 0 Å². The maximum Gasteiger partial charge on any atom is 0.433 e. The first-order valence-electron chi connectivity index (χ1n) is 4.91. The highest BCUT2D eigenvalue weighted by molar-refractivity contribution is 9.10. The molecule has 0 aliphatic carbocycles. The molecule has 1 aromatic rings. The Morgan fingerprint density at radius 3 is 2.47 bits per heavy atom. The van der Waals surface area contributed by atoms with Crippen LogP contribution in [0.25, 0.3) is 0 Å². The maximum absolute atomic E-state index is 12.8. The number of ether oxygens (including phenoxy) is 1. The van der Waals surface area contributed by atoms with Crippen LogP contribution in [0.4, 0.5) is 22.0 Å². The van der Waals surface area contributed by atoms with Gasteiger partial charge >= 0.3 is 12.1 Å². The minimum Gasteiger partial charge on any atom is -0.461 e. The topological polar surface area (TPSA) is 39.2 Å². The number of alkyl halides is 5. The number of hydrogen-bond donors (Lipinski definition) is 0. The number of carbonyl (C=O) groups excluding carboxylic acids is 1. The highest BCUT2D eigenvalue weighted by Gasteiger charge is 2.36. The van der Waals surface area contributed by atoms with Crippen molar-refractivity contribution in [2.24, 2.45) is 0 Å². The van der Waals surface area contributed by atoms with Crippen LogP contribution in [0.15, 0.2) is 10.5 Å². The first kappa shape index (κ1) is 15.8. The van der Waals surface area contributed by atoms with E-state index in [0.717, 1.165) is 0 Å². The number of carbonyl (C=O) groups is 1. The summed E-state index contributed by atoms with van der Waals surface area (Å²) in [5.74, 6) is -1.33. The maximum atomic E-state index is 12.8. The average Bonchev–Trinajstić information content (AvgIpc) is 2.26. The second kappa shape index (κ2) is 5.81. The normalized spacial score (nSPS) is 11.8. The minimum absolute atomic E-state index is 0.170. The zero-order valence-corrected chi connectivity index (χ0v) is 11.0. The lowest BCUT2D eigenvalue weighted by atomic mass is 10.1. The highest BCUT2D eigenvalue weighted by atomic mass is 79.9. The van der Waals surface area contributed by atoms with E-state index in [1.807, 2.05) is 0 Å². The molecule has 0 spiro atoms. The van der Waals surface area contributed by atoms with Gasteiger partial charge in [0.2, 0.25) is 0 Å². The van der Waals surface area contributed by atoms with Crippen LogP contribution < -0.4 is 0 Å². The van der Waals surface area contributed by atoms with E-state index < -0.39 is 40.0 Å². The van der Waals surface area contributed by atoms with E-state index in [2.05, 4.69) is 25.7 Å².